The smallest absolute Gasteiger partial charge is 0.322 e. The van der Waals surface area contributed by atoms with Gasteiger partial charge in [0, 0.05) is 120 Å². The third-order valence-corrected chi connectivity index (χ3v) is 15.7. The molecule has 0 aliphatic heterocycles. The summed E-state index contributed by atoms with van der Waals surface area (Å²) in [5.74, 6) is -1.87. The molecule has 14 rings (SSSR count). The molecule has 438 valence electrons. The Bertz CT molecular complexity index is 5210. The Hall–Kier alpha value is -11.3. The number of nitrogens with zero attached hydrogens (tertiary/aromatic N) is 12. The van der Waals surface area contributed by atoms with E-state index in [0.717, 1.165) is 0 Å². The summed E-state index contributed by atoms with van der Waals surface area (Å²) in [5, 5.41) is 32.4. The van der Waals surface area contributed by atoms with Crippen LogP contribution in [0.25, 0.3) is 122 Å². The molecule has 0 aliphatic carbocycles. The number of carbonyl (C=O) groups is 1. The highest BCUT2D eigenvalue weighted by Gasteiger charge is 2.27. The van der Waals surface area contributed by atoms with Gasteiger partial charge in [0.15, 0.2) is 5.82 Å². The number of anilines is 5. The van der Waals surface area contributed by atoms with Gasteiger partial charge in [0.1, 0.15) is 60.4 Å². The lowest BCUT2D eigenvalue weighted by atomic mass is 9.90. The normalized spacial score (nSPS) is 11.4. The predicted octanol–water partition coefficient (Wildman–Crippen LogP) is 15.9. The number of aliphatic carboxylic acids is 1. The highest BCUT2D eigenvalue weighted by Crippen LogP contribution is 2.47. The predicted molar refractivity (Wildman–Crippen MR) is 342 cm³/mol. The van der Waals surface area contributed by atoms with E-state index in [-0.39, 0.29) is 76.9 Å². The minimum atomic E-state index is -1.17. The third-order valence-electron chi connectivity index (χ3n) is 15.0. The van der Waals surface area contributed by atoms with Crippen LogP contribution in [0.4, 0.5) is 42.1 Å². The number of halogens is 6. The molecule has 0 saturated heterocycles. The second kappa shape index (κ2) is 23.4. The van der Waals surface area contributed by atoms with Gasteiger partial charge in [-0.15, -0.1) is 0 Å². The molecule has 0 bridgehead atoms. The molecule has 0 saturated carbocycles. The van der Waals surface area contributed by atoms with Crippen LogP contribution in [0.3, 0.4) is 0 Å². The molecule has 5 N–H and O–H groups in total. The van der Waals surface area contributed by atoms with Crippen LogP contribution >= 0.6 is 34.8 Å². The molecular formula is C66H40Cl3F3N16O2. The SMILES string of the molecule is Cn1ccc(Nc2ncnc3c(-c4ccc(Cl)c(-c5ncccc5-c5ccc6ncnc(Nc7cn[nH]c7)c6c5)c4F)cc(-c4cccnc4-c4cc(Cl)cc(-c5cc(-c6cccnc6-c6cc(Cl)ccc6F)cc6c(NCC(=O)O)ncnc56)c4F)cc23)n1. The van der Waals surface area contributed by atoms with E-state index in [1.165, 1.54) is 61.7 Å². The number of pyridine rings is 3. The summed E-state index contributed by atoms with van der Waals surface area (Å²) >= 11 is 20.6. The van der Waals surface area contributed by atoms with Crippen molar-refractivity contribution in [1.82, 2.24) is 64.8 Å². The Morgan fingerprint density at radius 1 is 0.544 bits per heavy atom. The monoisotopic (exact) mass is 1250 g/mol. The van der Waals surface area contributed by atoms with Crippen LogP contribution in [0.2, 0.25) is 15.1 Å². The van der Waals surface area contributed by atoms with Crippen molar-refractivity contribution in [3.05, 3.63) is 216 Å². The zero-order chi connectivity index (χ0) is 61.7. The first-order valence-corrected chi connectivity index (χ1v) is 28.6. The van der Waals surface area contributed by atoms with Crippen molar-refractivity contribution in [3.8, 4) is 89.4 Å². The topological polar surface area (TPSA) is 236 Å². The van der Waals surface area contributed by atoms with Crippen molar-refractivity contribution in [2.24, 2.45) is 7.05 Å². The first kappa shape index (κ1) is 56.5. The molecule has 0 unspecified atom stereocenters. The van der Waals surface area contributed by atoms with E-state index in [1.807, 2.05) is 24.3 Å². The number of hydrogen-bond acceptors (Lipinski definition) is 15. The zero-order valence-corrected chi connectivity index (χ0v) is 48.8. The van der Waals surface area contributed by atoms with Gasteiger partial charge in [-0.25, -0.2) is 43.1 Å². The van der Waals surface area contributed by atoms with Crippen molar-refractivity contribution >= 4 is 102 Å². The summed E-state index contributed by atoms with van der Waals surface area (Å²) < 4.78 is 54.2. The van der Waals surface area contributed by atoms with Gasteiger partial charge in [-0.2, -0.15) is 10.2 Å². The summed E-state index contributed by atoms with van der Waals surface area (Å²) in [5.41, 5.74) is 5.91. The number of rotatable bonds is 15. The second-order valence-corrected chi connectivity index (χ2v) is 21.8. The Balaban J connectivity index is 0.946. The van der Waals surface area contributed by atoms with Crippen LogP contribution < -0.4 is 16.0 Å². The maximum absolute atomic E-state index is 18.5. The molecule has 8 aromatic heterocycles. The largest absolute Gasteiger partial charge is 0.480 e. The average molecular weight is 1250 g/mol. The van der Waals surface area contributed by atoms with Gasteiger partial charge in [0.2, 0.25) is 0 Å². The van der Waals surface area contributed by atoms with Gasteiger partial charge >= 0.3 is 5.97 Å². The quantitative estimate of drug-likeness (QED) is 0.0642. The molecule has 24 heteroatoms. The lowest BCUT2D eigenvalue weighted by Crippen LogP contribution is -2.13. The summed E-state index contributed by atoms with van der Waals surface area (Å²) in [7, 11) is 1.77. The number of aryl methyl sites for hydroxylation is 1. The Morgan fingerprint density at radius 2 is 1.16 bits per heavy atom. The van der Waals surface area contributed by atoms with Gasteiger partial charge in [-0.05, 0) is 114 Å². The first-order chi connectivity index (χ1) is 43.8. The molecule has 8 heterocycles. The van der Waals surface area contributed by atoms with Crippen molar-refractivity contribution < 1.29 is 23.1 Å². The Morgan fingerprint density at radius 3 is 1.83 bits per heavy atom. The van der Waals surface area contributed by atoms with Gasteiger partial charge in [-0.1, -0.05) is 59.1 Å². The minimum Gasteiger partial charge on any atom is -0.480 e. The van der Waals surface area contributed by atoms with Crippen molar-refractivity contribution in [1.29, 1.82) is 0 Å². The summed E-state index contributed by atoms with van der Waals surface area (Å²) in [6, 6.07) is 34.8. The average Bonchev–Trinajstić information content (AvgIpc) is 0.835. The molecule has 18 nitrogen and oxygen atoms in total. The maximum Gasteiger partial charge on any atom is 0.322 e. The fourth-order valence-corrected chi connectivity index (χ4v) is 11.6. The molecule has 0 fully saturated rings. The van der Waals surface area contributed by atoms with E-state index in [9.17, 15) is 9.90 Å². The maximum atomic E-state index is 18.5. The van der Waals surface area contributed by atoms with Crippen LogP contribution in [0.1, 0.15) is 0 Å². The number of aromatic amines is 1. The summed E-state index contributed by atoms with van der Waals surface area (Å²) in [6.45, 7) is -0.522. The standard InChI is InChI=1S/C66H40Cl3F3N16O2/c1-88-18-14-54(87-88)86-66-50-23-34(20-44(61(50)79-32-82-66)42-10-11-51(69)56(58(42)72)63-39(5-2-17-75-63)33-8-13-53-47(19-33)65(81-30-77-53)85-38-27-83-84-28-38)41-7-4-16-74-60(41)48-26-37(68)25-43(57(48)71)45-21-35(22-49-62(45)78-31-80-64(49)76-29-55(89)90)40-6-3-15-73-59(40)46-24-36(67)9-12-52(46)70/h2-28,30-32H,29H2,1H3,(H,83,84)(H,89,90)(H,76,78,80)(H,77,81,85)(H,79,82,86,87). The number of carboxylic acid groups (broad SMARTS) is 1. The lowest BCUT2D eigenvalue weighted by molar-refractivity contribution is -0.134. The Kier molecular flexibility index (Phi) is 14.7. The molecule has 14 aromatic rings. The van der Waals surface area contributed by atoms with Gasteiger partial charge in [0.05, 0.1) is 56.1 Å². The number of fused-ring (bicyclic) bond motifs is 3. The molecule has 0 aliphatic rings. The van der Waals surface area contributed by atoms with Crippen LogP contribution in [0.15, 0.2) is 184 Å². The molecule has 0 radical (unpaired) electrons. The fraction of sp³-hybridized carbons (Fsp3) is 0.0303. The van der Waals surface area contributed by atoms with E-state index < -0.39 is 30.0 Å². The van der Waals surface area contributed by atoms with Crippen LogP contribution in [-0.4, -0.2) is 82.5 Å². The molecule has 0 spiro atoms. The van der Waals surface area contributed by atoms with Crippen LogP contribution in [-0.2, 0) is 11.8 Å². The van der Waals surface area contributed by atoms with Gasteiger partial charge < -0.3 is 21.1 Å². The number of H-pyrrole nitrogens is 1. The zero-order valence-electron chi connectivity index (χ0n) is 46.5. The number of hydrogen-bond donors (Lipinski definition) is 5. The van der Waals surface area contributed by atoms with Crippen LogP contribution in [0, 0.1) is 17.5 Å². The van der Waals surface area contributed by atoms with E-state index in [1.54, 1.807) is 109 Å². The molecule has 0 amide bonds. The summed E-state index contributed by atoms with van der Waals surface area (Å²) in [6.07, 6.45) is 13.7. The number of carboxylic acids is 1. The Labute approximate surface area is 522 Å². The molecule has 0 atom stereocenters. The van der Waals surface area contributed by atoms with E-state index >= 15 is 13.2 Å². The number of benzene rings is 6. The fourth-order valence-electron chi connectivity index (χ4n) is 11.0. The molecule has 90 heavy (non-hydrogen) atoms. The highest BCUT2D eigenvalue weighted by atomic mass is 35.5. The van der Waals surface area contributed by atoms with Crippen LogP contribution in [0.5, 0.6) is 0 Å². The second-order valence-electron chi connectivity index (χ2n) is 20.5. The number of aromatic nitrogens is 13. The van der Waals surface area contributed by atoms with Gasteiger partial charge in [0.25, 0.3) is 0 Å². The number of nitrogens with one attached hydrogen (secondary N) is 4. The van der Waals surface area contributed by atoms with Gasteiger partial charge in [-0.3, -0.25) is 29.5 Å². The van der Waals surface area contributed by atoms with Crippen molar-refractivity contribution in [2.45, 2.75) is 0 Å². The van der Waals surface area contributed by atoms with E-state index in [4.69, 9.17) is 49.8 Å². The van der Waals surface area contributed by atoms with E-state index in [2.05, 4.69) is 61.2 Å². The minimum absolute atomic E-state index is 0.00369. The van der Waals surface area contributed by atoms with Crippen molar-refractivity contribution in [3.63, 3.8) is 0 Å². The first-order valence-electron chi connectivity index (χ1n) is 27.4. The van der Waals surface area contributed by atoms with E-state index in [0.29, 0.717) is 89.3 Å². The van der Waals surface area contributed by atoms with Crippen molar-refractivity contribution in [2.75, 3.05) is 22.5 Å². The summed E-state index contributed by atoms with van der Waals surface area (Å²) in [4.78, 5) is 53.5. The highest BCUT2D eigenvalue weighted by molar-refractivity contribution is 6.34. The molecule has 6 aromatic carbocycles. The lowest BCUT2D eigenvalue weighted by Gasteiger charge is -2.18. The third kappa shape index (κ3) is 10.6. The molecular weight excluding hydrogens is 1210 g/mol.